The lowest BCUT2D eigenvalue weighted by molar-refractivity contribution is -0.132. The molecule has 0 N–H and O–H groups in total. The number of hydrogen-bond acceptors (Lipinski definition) is 3. The highest BCUT2D eigenvalue weighted by Gasteiger charge is 2.21. The van der Waals surface area contributed by atoms with Gasteiger partial charge in [0.2, 0.25) is 5.91 Å². The Morgan fingerprint density at radius 1 is 1.23 bits per heavy atom. The third-order valence-electron chi connectivity index (χ3n) is 3.82. The maximum absolute atomic E-state index is 12.7. The highest BCUT2D eigenvalue weighted by Crippen LogP contribution is 2.28. The van der Waals surface area contributed by atoms with Gasteiger partial charge in [-0.15, -0.1) is 0 Å². The summed E-state index contributed by atoms with van der Waals surface area (Å²) in [7, 11) is 0. The second kappa shape index (κ2) is 6.64. The van der Waals surface area contributed by atoms with Gasteiger partial charge in [-0.05, 0) is 43.2 Å². The van der Waals surface area contributed by atoms with Crippen LogP contribution in [0.3, 0.4) is 0 Å². The van der Waals surface area contributed by atoms with E-state index in [2.05, 4.69) is 4.98 Å². The van der Waals surface area contributed by atoms with E-state index >= 15 is 0 Å². The summed E-state index contributed by atoms with van der Waals surface area (Å²) < 4.78 is 27.1. The molecule has 0 unspecified atom stereocenters. The first kappa shape index (κ1) is 15.3. The van der Waals surface area contributed by atoms with Crippen molar-refractivity contribution < 1.29 is 13.6 Å². The van der Waals surface area contributed by atoms with E-state index in [4.69, 9.17) is 0 Å². The van der Waals surface area contributed by atoms with Crippen LogP contribution in [0, 0.1) is 0 Å². The number of likely N-dealkylation sites (tertiary alicyclic amines) is 1. The second-order valence-electron chi connectivity index (χ2n) is 5.29. The van der Waals surface area contributed by atoms with Crippen LogP contribution >= 0.6 is 11.8 Å². The molecule has 118 valence electrons. The molecule has 1 amide bonds. The van der Waals surface area contributed by atoms with Crippen molar-refractivity contribution in [3.05, 3.63) is 24.3 Å². The molecular formula is C15H17F2N3OS. The first-order chi connectivity index (χ1) is 10.6. The summed E-state index contributed by atoms with van der Waals surface area (Å²) in [6.07, 6.45) is 3.16. The minimum atomic E-state index is -2.55. The van der Waals surface area contributed by atoms with Gasteiger partial charge in [0.15, 0.2) is 5.16 Å². The van der Waals surface area contributed by atoms with Gasteiger partial charge in [0.1, 0.15) is 6.54 Å². The van der Waals surface area contributed by atoms with Gasteiger partial charge < -0.3 is 9.47 Å². The largest absolute Gasteiger partial charge is 0.341 e. The van der Waals surface area contributed by atoms with Gasteiger partial charge >= 0.3 is 0 Å². The molecule has 0 aliphatic carbocycles. The number of hydrogen-bond donors (Lipinski definition) is 0. The predicted octanol–water partition coefficient (Wildman–Crippen LogP) is 3.36. The number of aromatic nitrogens is 2. The molecule has 0 spiro atoms. The molecule has 1 saturated heterocycles. The number of fused-ring (bicyclic) bond motifs is 1. The number of para-hydroxylation sites is 2. The Morgan fingerprint density at radius 3 is 2.68 bits per heavy atom. The average Bonchev–Trinajstić information content (AvgIpc) is 2.85. The fourth-order valence-electron chi connectivity index (χ4n) is 2.75. The van der Waals surface area contributed by atoms with Crippen molar-refractivity contribution >= 4 is 28.7 Å². The molecule has 2 heterocycles. The molecule has 0 saturated carbocycles. The Kier molecular flexibility index (Phi) is 4.61. The molecule has 1 aromatic heterocycles. The van der Waals surface area contributed by atoms with Crippen LogP contribution in [-0.2, 0) is 11.3 Å². The van der Waals surface area contributed by atoms with Crippen LogP contribution in [0.25, 0.3) is 11.0 Å². The predicted molar refractivity (Wildman–Crippen MR) is 82.0 cm³/mol. The second-order valence-corrected chi connectivity index (χ2v) is 6.25. The Labute approximate surface area is 131 Å². The third-order valence-corrected chi connectivity index (χ3v) is 4.52. The number of halogens is 2. The Balaban J connectivity index is 1.88. The maximum Gasteiger partial charge on any atom is 0.291 e. The molecule has 1 aliphatic heterocycles. The summed E-state index contributed by atoms with van der Waals surface area (Å²) in [4.78, 5) is 18.5. The number of nitrogens with zero attached hydrogens (tertiary/aromatic N) is 3. The zero-order chi connectivity index (χ0) is 15.5. The molecule has 1 aliphatic rings. The standard InChI is InChI=1S/C15H17F2N3OS/c16-14(17)22-15-18-11-6-2-3-7-12(11)20(15)10-13(21)19-8-4-1-5-9-19/h2-3,6-7,14H,1,4-5,8-10H2. The zero-order valence-corrected chi connectivity index (χ0v) is 12.9. The number of piperidine rings is 1. The Hall–Kier alpha value is -1.63. The maximum atomic E-state index is 12.7. The summed E-state index contributed by atoms with van der Waals surface area (Å²) in [5.74, 6) is -2.58. The average molecular weight is 325 g/mol. The number of thioether (sulfide) groups is 1. The van der Waals surface area contributed by atoms with Gasteiger partial charge in [0.05, 0.1) is 11.0 Å². The summed E-state index contributed by atoms with van der Waals surface area (Å²) in [5, 5.41) is 0.196. The fraction of sp³-hybridized carbons (Fsp3) is 0.467. The van der Waals surface area contributed by atoms with E-state index in [1.165, 1.54) is 0 Å². The van der Waals surface area contributed by atoms with E-state index in [1.807, 2.05) is 17.0 Å². The monoisotopic (exact) mass is 325 g/mol. The molecular weight excluding hydrogens is 308 g/mol. The number of amides is 1. The fourth-order valence-corrected chi connectivity index (χ4v) is 3.35. The van der Waals surface area contributed by atoms with Crippen LogP contribution in [0.2, 0.25) is 0 Å². The number of rotatable bonds is 4. The number of imidazole rings is 1. The molecule has 3 rings (SSSR count). The van der Waals surface area contributed by atoms with Gasteiger partial charge in [-0.2, -0.15) is 8.78 Å². The Morgan fingerprint density at radius 2 is 1.95 bits per heavy atom. The van der Waals surface area contributed by atoms with Gasteiger partial charge in [-0.3, -0.25) is 4.79 Å². The molecule has 0 radical (unpaired) electrons. The van der Waals surface area contributed by atoms with Crippen LogP contribution in [0.4, 0.5) is 8.78 Å². The van der Waals surface area contributed by atoms with E-state index in [-0.39, 0.29) is 17.6 Å². The summed E-state index contributed by atoms with van der Waals surface area (Å²) in [5.41, 5.74) is 1.35. The molecule has 2 aromatic rings. The number of carbonyl (C=O) groups is 1. The van der Waals surface area contributed by atoms with Crippen molar-refractivity contribution in [2.75, 3.05) is 13.1 Å². The van der Waals surface area contributed by atoms with Gasteiger partial charge in [-0.25, -0.2) is 4.98 Å². The number of benzene rings is 1. The SMILES string of the molecule is O=C(Cn1c(SC(F)F)nc2ccccc21)N1CCCCC1. The lowest BCUT2D eigenvalue weighted by Crippen LogP contribution is -2.37. The smallest absolute Gasteiger partial charge is 0.291 e. The van der Waals surface area contributed by atoms with E-state index < -0.39 is 5.76 Å². The van der Waals surface area contributed by atoms with Crippen molar-refractivity contribution in [1.29, 1.82) is 0 Å². The van der Waals surface area contributed by atoms with Gasteiger partial charge in [0.25, 0.3) is 5.76 Å². The lowest BCUT2D eigenvalue weighted by Gasteiger charge is -2.27. The van der Waals surface area contributed by atoms with Gasteiger partial charge in [-0.1, -0.05) is 12.1 Å². The normalized spacial score (nSPS) is 15.7. The van der Waals surface area contributed by atoms with Crippen molar-refractivity contribution in [2.45, 2.75) is 36.7 Å². The molecule has 1 aromatic carbocycles. The first-order valence-corrected chi connectivity index (χ1v) is 8.21. The molecule has 0 bridgehead atoms. The van der Waals surface area contributed by atoms with Crippen LogP contribution in [0.5, 0.6) is 0 Å². The first-order valence-electron chi connectivity index (χ1n) is 7.33. The topological polar surface area (TPSA) is 38.1 Å². The van der Waals surface area contributed by atoms with E-state index in [1.54, 1.807) is 16.7 Å². The Bertz CT molecular complexity index is 668. The van der Waals surface area contributed by atoms with Crippen molar-refractivity contribution in [1.82, 2.24) is 14.5 Å². The zero-order valence-electron chi connectivity index (χ0n) is 12.0. The van der Waals surface area contributed by atoms with E-state index in [9.17, 15) is 13.6 Å². The number of carbonyl (C=O) groups excluding carboxylic acids is 1. The van der Waals surface area contributed by atoms with Crippen molar-refractivity contribution in [3.63, 3.8) is 0 Å². The molecule has 0 atom stereocenters. The highest BCUT2D eigenvalue weighted by molar-refractivity contribution is 7.99. The number of alkyl halides is 2. The van der Waals surface area contributed by atoms with E-state index in [0.717, 1.165) is 37.9 Å². The van der Waals surface area contributed by atoms with Crippen LogP contribution in [0.1, 0.15) is 19.3 Å². The quantitative estimate of drug-likeness (QED) is 0.809. The highest BCUT2D eigenvalue weighted by atomic mass is 32.2. The van der Waals surface area contributed by atoms with Crippen LogP contribution < -0.4 is 0 Å². The van der Waals surface area contributed by atoms with Gasteiger partial charge in [0, 0.05) is 13.1 Å². The van der Waals surface area contributed by atoms with Crippen LogP contribution in [0.15, 0.2) is 29.4 Å². The minimum Gasteiger partial charge on any atom is -0.341 e. The molecule has 1 fully saturated rings. The van der Waals surface area contributed by atoms with Crippen molar-refractivity contribution in [3.8, 4) is 0 Å². The molecule has 7 heteroatoms. The molecule has 22 heavy (non-hydrogen) atoms. The summed E-state index contributed by atoms with van der Waals surface area (Å²) >= 11 is 0.387. The minimum absolute atomic E-state index is 0.0287. The lowest BCUT2D eigenvalue weighted by atomic mass is 10.1. The van der Waals surface area contributed by atoms with Crippen molar-refractivity contribution in [2.24, 2.45) is 0 Å². The van der Waals surface area contributed by atoms with Crippen LogP contribution in [-0.4, -0.2) is 39.2 Å². The van der Waals surface area contributed by atoms with E-state index in [0.29, 0.717) is 17.3 Å². The third kappa shape index (κ3) is 3.24. The summed E-state index contributed by atoms with van der Waals surface area (Å²) in [6.45, 7) is 1.57. The summed E-state index contributed by atoms with van der Waals surface area (Å²) in [6, 6.07) is 7.21. The molecule has 4 nitrogen and oxygen atoms in total.